The van der Waals surface area contributed by atoms with E-state index in [0.29, 0.717) is 17.2 Å². The predicted molar refractivity (Wildman–Crippen MR) is 105 cm³/mol. The zero-order valence-corrected chi connectivity index (χ0v) is 15.3. The Bertz CT molecular complexity index is 855. The Morgan fingerprint density at radius 1 is 0.926 bits per heavy atom. The molecule has 0 aromatic heterocycles. The molecule has 0 saturated heterocycles. The first-order valence-electron chi connectivity index (χ1n) is 8.71. The van der Waals surface area contributed by atoms with Crippen LogP contribution in [0.25, 0.3) is 6.08 Å². The summed E-state index contributed by atoms with van der Waals surface area (Å²) in [5.41, 5.74) is 2.20. The highest BCUT2D eigenvalue weighted by atomic mass is 16.5. The van der Waals surface area contributed by atoms with Crippen LogP contribution in [0.2, 0.25) is 0 Å². The number of ether oxygens (including phenoxy) is 2. The van der Waals surface area contributed by atoms with Crippen molar-refractivity contribution in [3.63, 3.8) is 0 Å². The smallest absolute Gasteiger partial charge is 0.248 e. The van der Waals surface area contributed by atoms with Crippen molar-refractivity contribution < 1.29 is 19.1 Å². The lowest BCUT2D eigenvalue weighted by Crippen LogP contribution is -2.13. The van der Waals surface area contributed by atoms with Gasteiger partial charge in [-0.3, -0.25) is 9.59 Å². The van der Waals surface area contributed by atoms with Gasteiger partial charge in [-0.15, -0.1) is 0 Å². The van der Waals surface area contributed by atoms with Crippen molar-refractivity contribution in [2.24, 2.45) is 5.92 Å². The van der Waals surface area contributed by atoms with Crippen LogP contribution in [0.3, 0.4) is 0 Å². The van der Waals surface area contributed by atoms with E-state index in [1.54, 1.807) is 56.7 Å². The van der Waals surface area contributed by atoms with E-state index >= 15 is 0 Å². The van der Waals surface area contributed by atoms with Gasteiger partial charge in [-0.1, -0.05) is 6.07 Å². The normalized spacial score (nSPS) is 13.3. The molecule has 1 fully saturated rings. The van der Waals surface area contributed by atoms with Gasteiger partial charge in [0.05, 0.1) is 14.2 Å². The second kappa shape index (κ2) is 8.40. The molecular formula is C21H22N2O4. The third-order valence-electron chi connectivity index (χ3n) is 4.20. The molecule has 0 radical (unpaired) electrons. The fourth-order valence-electron chi connectivity index (χ4n) is 2.54. The molecule has 0 atom stereocenters. The molecule has 27 heavy (non-hydrogen) atoms. The number of methoxy groups -OCH3 is 2. The van der Waals surface area contributed by atoms with Gasteiger partial charge < -0.3 is 20.1 Å². The maximum atomic E-state index is 12.1. The Morgan fingerprint density at radius 3 is 2.15 bits per heavy atom. The van der Waals surface area contributed by atoms with E-state index < -0.39 is 0 Å². The first-order valence-corrected chi connectivity index (χ1v) is 8.71. The van der Waals surface area contributed by atoms with Crippen LogP contribution in [-0.4, -0.2) is 26.0 Å². The van der Waals surface area contributed by atoms with Crippen LogP contribution in [0, 0.1) is 5.92 Å². The minimum Gasteiger partial charge on any atom is -0.493 e. The van der Waals surface area contributed by atoms with Crippen LogP contribution in [0.1, 0.15) is 18.4 Å². The van der Waals surface area contributed by atoms with E-state index in [1.165, 1.54) is 6.08 Å². The number of nitrogens with one attached hydrogen (secondary N) is 2. The summed E-state index contributed by atoms with van der Waals surface area (Å²) < 4.78 is 10.4. The summed E-state index contributed by atoms with van der Waals surface area (Å²) in [6.45, 7) is 0. The van der Waals surface area contributed by atoms with E-state index in [0.717, 1.165) is 24.1 Å². The van der Waals surface area contributed by atoms with Crippen molar-refractivity contribution in [2.45, 2.75) is 12.8 Å². The Hall–Kier alpha value is -3.28. The van der Waals surface area contributed by atoms with Crippen molar-refractivity contribution in [1.29, 1.82) is 0 Å². The first-order chi connectivity index (χ1) is 13.1. The fraction of sp³-hybridized carbons (Fsp3) is 0.238. The van der Waals surface area contributed by atoms with Crippen molar-refractivity contribution in [2.75, 3.05) is 24.9 Å². The molecule has 6 heteroatoms. The van der Waals surface area contributed by atoms with Crippen LogP contribution in [0.4, 0.5) is 11.4 Å². The number of hydrogen-bond donors (Lipinski definition) is 2. The Labute approximate surface area is 158 Å². The molecular weight excluding hydrogens is 344 g/mol. The molecule has 1 aliphatic rings. The topological polar surface area (TPSA) is 76.7 Å². The molecule has 1 aliphatic carbocycles. The summed E-state index contributed by atoms with van der Waals surface area (Å²) in [5, 5.41) is 5.65. The third kappa shape index (κ3) is 5.10. The number of hydrogen-bond acceptors (Lipinski definition) is 4. The predicted octanol–water partition coefficient (Wildman–Crippen LogP) is 3.70. The quantitative estimate of drug-likeness (QED) is 0.733. The van der Waals surface area contributed by atoms with Crippen molar-refractivity contribution >= 4 is 29.3 Å². The van der Waals surface area contributed by atoms with Crippen LogP contribution in [-0.2, 0) is 9.59 Å². The monoisotopic (exact) mass is 366 g/mol. The Kier molecular flexibility index (Phi) is 5.76. The summed E-state index contributed by atoms with van der Waals surface area (Å²) in [6, 6.07) is 12.5. The molecule has 0 unspecified atom stereocenters. The van der Waals surface area contributed by atoms with Crippen LogP contribution in [0.5, 0.6) is 11.5 Å². The lowest BCUT2D eigenvalue weighted by molar-refractivity contribution is -0.117. The van der Waals surface area contributed by atoms with Crippen LogP contribution >= 0.6 is 0 Å². The van der Waals surface area contributed by atoms with E-state index in [9.17, 15) is 9.59 Å². The van der Waals surface area contributed by atoms with Gasteiger partial charge >= 0.3 is 0 Å². The van der Waals surface area contributed by atoms with Crippen LogP contribution < -0.4 is 20.1 Å². The Balaban J connectivity index is 1.56. The van der Waals surface area contributed by atoms with Gasteiger partial charge in [-0.2, -0.15) is 0 Å². The second-order valence-corrected chi connectivity index (χ2v) is 6.28. The van der Waals surface area contributed by atoms with Gasteiger partial charge in [0.15, 0.2) is 11.5 Å². The Morgan fingerprint density at radius 2 is 1.56 bits per heavy atom. The highest BCUT2D eigenvalue weighted by Crippen LogP contribution is 2.30. The van der Waals surface area contributed by atoms with Gasteiger partial charge in [-0.25, -0.2) is 0 Å². The van der Waals surface area contributed by atoms with Gasteiger partial charge in [0, 0.05) is 23.4 Å². The molecule has 0 aliphatic heterocycles. The standard InChI is InChI=1S/C21H22N2O4/c1-26-18-11-3-14(13-19(18)27-2)4-12-20(24)22-16-7-9-17(10-8-16)23-21(25)15-5-6-15/h3-4,7-13,15H,5-6H2,1-2H3,(H,22,24)(H,23,25). The number of carbonyl (C=O) groups excluding carboxylic acids is 2. The van der Waals surface area contributed by atoms with E-state index in [-0.39, 0.29) is 17.7 Å². The summed E-state index contributed by atoms with van der Waals surface area (Å²) in [7, 11) is 3.14. The van der Waals surface area contributed by atoms with Gasteiger partial charge in [0.2, 0.25) is 11.8 Å². The number of carbonyl (C=O) groups is 2. The molecule has 0 bridgehead atoms. The molecule has 2 N–H and O–H groups in total. The average Bonchev–Trinajstić information content (AvgIpc) is 3.53. The molecule has 6 nitrogen and oxygen atoms in total. The molecule has 140 valence electrons. The molecule has 1 saturated carbocycles. The maximum Gasteiger partial charge on any atom is 0.248 e. The zero-order chi connectivity index (χ0) is 19.2. The lowest BCUT2D eigenvalue weighted by Gasteiger charge is -2.08. The minimum atomic E-state index is -0.250. The van der Waals surface area contributed by atoms with E-state index in [4.69, 9.17) is 9.47 Å². The molecule has 2 aromatic rings. The van der Waals surface area contributed by atoms with Gasteiger partial charge in [-0.05, 0) is 60.9 Å². The number of anilines is 2. The third-order valence-corrected chi connectivity index (χ3v) is 4.20. The van der Waals surface area contributed by atoms with E-state index in [2.05, 4.69) is 10.6 Å². The summed E-state index contributed by atoms with van der Waals surface area (Å²) >= 11 is 0. The van der Waals surface area contributed by atoms with Crippen LogP contribution in [0.15, 0.2) is 48.5 Å². The molecule has 3 rings (SSSR count). The molecule has 2 aromatic carbocycles. The largest absolute Gasteiger partial charge is 0.493 e. The van der Waals surface area contributed by atoms with Gasteiger partial charge in [0.1, 0.15) is 0 Å². The number of rotatable bonds is 7. The molecule has 0 spiro atoms. The van der Waals surface area contributed by atoms with Crippen molar-refractivity contribution in [3.05, 3.63) is 54.1 Å². The summed E-state index contributed by atoms with van der Waals surface area (Å²) in [6.07, 6.45) is 5.07. The minimum absolute atomic E-state index is 0.0599. The molecule has 0 heterocycles. The van der Waals surface area contributed by atoms with Crippen molar-refractivity contribution in [3.8, 4) is 11.5 Å². The second-order valence-electron chi connectivity index (χ2n) is 6.28. The highest BCUT2D eigenvalue weighted by Gasteiger charge is 2.29. The van der Waals surface area contributed by atoms with Gasteiger partial charge in [0.25, 0.3) is 0 Å². The average molecular weight is 366 g/mol. The first kappa shape index (κ1) is 18.5. The SMILES string of the molecule is COc1ccc(C=CC(=O)Nc2ccc(NC(=O)C3CC3)cc2)cc1OC. The van der Waals surface area contributed by atoms with Crippen molar-refractivity contribution in [1.82, 2.24) is 0 Å². The zero-order valence-electron chi connectivity index (χ0n) is 15.3. The number of amides is 2. The fourth-order valence-corrected chi connectivity index (χ4v) is 2.54. The molecule has 2 amide bonds. The number of benzene rings is 2. The highest BCUT2D eigenvalue weighted by molar-refractivity contribution is 6.02. The summed E-state index contributed by atoms with van der Waals surface area (Å²) in [4.78, 5) is 23.8. The maximum absolute atomic E-state index is 12.1. The van der Waals surface area contributed by atoms with E-state index in [1.807, 2.05) is 6.07 Å². The lowest BCUT2D eigenvalue weighted by atomic mass is 10.2. The summed E-state index contributed by atoms with van der Waals surface area (Å²) in [5.74, 6) is 1.20.